The van der Waals surface area contributed by atoms with Crippen LogP contribution in [0.1, 0.15) is 98.3 Å². The van der Waals surface area contributed by atoms with Crippen molar-refractivity contribution in [2.45, 2.75) is 103 Å². The van der Waals surface area contributed by atoms with Gasteiger partial charge in [-0.2, -0.15) is 0 Å². The first-order valence-corrected chi connectivity index (χ1v) is 9.12. The second-order valence-corrected chi connectivity index (χ2v) is 7.45. The van der Waals surface area contributed by atoms with Crippen molar-refractivity contribution in [1.29, 1.82) is 0 Å². The summed E-state index contributed by atoms with van der Waals surface area (Å²) in [4.78, 5) is 0. The summed E-state index contributed by atoms with van der Waals surface area (Å²) < 4.78 is 0.435. The predicted octanol–water partition coefficient (Wildman–Crippen LogP) is 7.11. The van der Waals surface area contributed by atoms with Gasteiger partial charge >= 0.3 is 0 Å². The highest BCUT2D eigenvalue weighted by Gasteiger charge is 2.33. The third-order valence-corrected chi connectivity index (χ3v) is 5.61. The van der Waals surface area contributed by atoms with Crippen molar-refractivity contribution in [3.8, 4) is 0 Å². The zero-order chi connectivity index (χ0) is 13.9. The van der Waals surface area contributed by atoms with E-state index in [0.29, 0.717) is 4.32 Å². The van der Waals surface area contributed by atoms with Crippen LogP contribution in [-0.2, 0) is 0 Å². The molecule has 18 heavy (non-hydrogen) atoms. The van der Waals surface area contributed by atoms with E-state index in [2.05, 4.69) is 43.6 Å². The minimum atomic E-state index is 0.435. The molecule has 0 saturated carbocycles. The Morgan fingerprint density at radius 3 is 1.61 bits per heavy atom. The molecular formula is C17H35Br. The zero-order valence-corrected chi connectivity index (χ0v) is 14.8. The molecule has 0 bridgehead atoms. The zero-order valence-electron chi connectivity index (χ0n) is 13.2. The molecule has 0 saturated heterocycles. The number of unbranched alkanes of at least 4 members (excludes halogenated alkanes) is 3. The van der Waals surface area contributed by atoms with Crippen LogP contribution in [0.4, 0.5) is 0 Å². The number of rotatable bonds is 12. The van der Waals surface area contributed by atoms with Crippen molar-refractivity contribution < 1.29 is 0 Å². The Kier molecular flexibility index (Phi) is 11.6. The lowest BCUT2D eigenvalue weighted by Gasteiger charge is -2.37. The average molecular weight is 319 g/mol. The van der Waals surface area contributed by atoms with Crippen molar-refractivity contribution in [2.75, 3.05) is 0 Å². The Labute approximate surface area is 124 Å². The largest absolute Gasteiger partial charge is 0.0850 e. The molecule has 1 atom stereocenters. The smallest absolute Gasteiger partial charge is 0.0286 e. The Morgan fingerprint density at radius 1 is 0.722 bits per heavy atom. The van der Waals surface area contributed by atoms with Gasteiger partial charge in [0.05, 0.1) is 0 Å². The maximum absolute atomic E-state index is 4.19. The standard InChI is InChI=1S/C17H35Br/c1-5-9-13-16(12-8-4)17(18,14-10-6-2)15-11-7-3/h16H,5-15H2,1-4H3. The lowest BCUT2D eigenvalue weighted by Crippen LogP contribution is -2.31. The van der Waals surface area contributed by atoms with Crippen LogP contribution in [0.15, 0.2) is 0 Å². The fraction of sp³-hybridized carbons (Fsp3) is 1.00. The number of alkyl halides is 1. The van der Waals surface area contributed by atoms with Gasteiger partial charge in [-0.25, -0.2) is 0 Å². The number of hydrogen-bond acceptors (Lipinski definition) is 0. The van der Waals surface area contributed by atoms with E-state index in [1.54, 1.807) is 0 Å². The van der Waals surface area contributed by atoms with E-state index in [-0.39, 0.29) is 0 Å². The molecule has 0 aliphatic rings. The highest BCUT2D eigenvalue weighted by Crippen LogP contribution is 2.42. The Balaban J connectivity index is 4.59. The molecule has 0 aromatic carbocycles. The van der Waals surface area contributed by atoms with Crippen LogP contribution in [0.5, 0.6) is 0 Å². The molecule has 0 aliphatic carbocycles. The molecule has 0 heterocycles. The minimum absolute atomic E-state index is 0.435. The van der Waals surface area contributed by atoms with Crippen LogP contribution in [0, 0.1) is 5.92 Å². The fourth-order valence-corrected chi connectivity index (χ4v) is 3.95. The van der Waals surface area contributed by atoms with E-state index in [9.17, 15) is 0 Å². The van der Waals surface area contributed by atoms with Crippen LogP contribution in [0.2, 0.25) is 0 Å². The molecule has 0 spiro atoms. The summed E-state index contributed by atoms with van der Waals surface area (Å²) in [6, 6.07) is 0. The Hall–Kier alpha value is 0.480. The molecule has 0 nitrogen and oxygen atoms in total. The summed E-state index contributed by atoms with van der Waals surface area (Å²) in [5.41, 5.74) is 0. The topological polar surface area (TPSA) is 0 Å². The molecular weight excluding hydrogens is 284 g/mol. The normalized spacial score (nSPS) is 13.8. The molecule has 0 fully saturated rings. The fourth-order valence-electron chi connectivity index (χ4n) is 2.94. The van der Waals surface area contributed by atoms with Gasteiger partial charge in [0.25, 0.3) is 0 Å². The number of hydrogen-bond donors (Lipinski definition) is 0. The highest BCUT2D eigenvalue weighted by atomic mass is 79.9. The first kappa shape index (κ1) is 18.5. The average Bonchev–Trinajstić information content (AvgIpc) is 2.38. The summed E-state index contributed by atoms with van der Waals surface area (Å²) in [5.74, 6) is 0.889. The first-order chi connectivity index (χ1) is 8.64. The van der Waals surface area contributed by atoms with Crippen LogP contribution in [0.25, 0.3) is 0 Å². The van der Waals surface area contributed by atoms with Gasteiger partial charge in [0.1, 0.15) is 0 Å². The molecule has 110 valence electrons. The monoisotopic (exact) mass is 318 g/mol. The van der Waals surface area contributed by atoms with Crippen LogP contribution in [-0.4, -0.2) is 4.32 Å². The molecule has 0 rings (SSSR count). The summed E-state index contributed by atoms with van der Waals surface area (Å²) in [7, 11) is 0. The lowest BCUT2D eigenvalue weighted by molar-refractivity contribution is 0.288. The molecule has 0 aromatic rings. The van der Waals surface area contributed by atoms with Gasteiger partial charge in [0.15, 0.2) is 0 Å². The molecule has 0 aromatic heterocycles. The van der Waals surface area contributed by atoms with E-state index in [0.717, 1.165) is 5.92 Å². The summed E-state index contributed by atoms with van der Waals surface area (Å²) in [5, 5.41) is 0. The molecule has 0 amide bonds. The molecule has 0 N–H and O–H groups in total. The maximum atomic E-state index is 4.19. The van der Waals surface area contributed by atoms with Gasteiger partial charge in [-0.3, -0.25) is 0 Å². The van der Waals surface area contributed by atoms with Gasteiger partial charge in [-0.15, -0.1) is 0 Å². The van der Waals surface area contributed by atoms with Crippen LogP contribution < -0.4 is 0 Å². The molecule has 1 heteroatoms. The summed E-state index contributed by atoms with van der Waals surface area (Å²) in [6.07, 6.45) is 15.0. The van der Waals surface area contributed by atoms with E-state index in [1.165, 1.54) is 70.6 Å². The van der Waals surface area contributed by atoms with Gasteiger partial charge < -0.3 is 0 Å². The van der Waals surface area contributed by atoms with Crippen molar-refractivity contribution in [3.05, 3.63) is 0 Å². The van der Waals surface area contributed by atoms with E-state index >= 15 is 0 Å². The summed E-state index contributed by atoms with van der Waals surface area (Å²) in [6.45, 7) is 9.28. The number of halogens is 1. The van der Waals surface area contributed by atoms with Crippen LogP contribution in [0.3, 0.4) is 0 Å². The lowest BCUT2D eigenvalue weighted by atomic mass is 9.78. The van der Waals surface area contributed by atoms with Crippen molar-refractivity contribution in [3.63, 3.8) is 0 Å². The quantitative estimate of drug-likeness (QED) is 0.336. The maximum Gasteiger partial charge on any atom is 0.0286 e. The van der Waals surface area contributed by atoms with E-state index in [4.69, 9.17) is 0 Å². The third-order valence-electron chi connectivity index (χ3n) is 4.17. The van der Waals surface area contributed by atoms with Gasteiger partial charge in [0, 0.05) is 4.32 Å². The van der Waals surface area contributed by atoms with Crippen LogP contribution >= 0.6 is 15.9 Å². The van der Waals surface area contributed by atoms with Crippen molar-refractivity contribution >= 4 is 15.9 Å². The predicted molar refractivity (Wildman–Crippen MR) is 88.6 cm³/mol. The summed E-state index contributed by atoms with van der Waals surface area (Å²) >= 11 is 4.19. The molecule has 0 radical (unpaired) electrons. The second kappa shape index (κ2) is 11.3. The SMILES string of the molecule is CCCCC(CCC)C(Br)(CCCC)CCCC. The van der Waals surface area contributed by atoms with E-state index in [1.807, 2.05) is 0 Å². The van der Waals surface area contributed by atoms with Crippen molar-refractivity contribution in [1.82, 2.24) is 0 Å². The molecule has 1 unspecified atom stereocenters. The van der Waals surface area contributed by atoms with E-state index < -0.39 is 0 Å². The van der Waals surface area contributed by atoms with Gasteiger partial charge in [0.2, 0.25) is 0 Å². The van der Waals surface area contributed by atoms with Gasteiger partial charge in [-0.1, -0.05) is 88.6 Å². The van der Waals surface area contributed by atoms with Crippen molar-refractivity contribution in [2.24, 2.45) is 5.92 Å². The van der Waals surface area contributed by atoms with Gasteiger partial charge in [-0.05, 0) is 31.6 Å². The highest BCUT2D eigenvalue weighted by molar-refractivity contribution is 9.10. The Morgan fingerprint density at radius 2 is 1.22 bits per heavy atom. The third kappa shape index (κ3) is 7.16. The first-order valence-electron chi connectivity index (χ1n) is 8.33. The minimum Gasteiger partial charge on any atom is -0.0850 e. The second-order valence-electron chi connectivity index (χ2n) is 5.87. The molecule has 0 aliphatic heterocycles. The Bertz CT molecular complexity index is 168.